The van der Waals surface area contributed by atoms with E-state index in [2.05, 4.69) is 20.2 Å². The van der Waals surface area contributed by atoms with Gasteiger partial charge in [0.25, 0.3) is 0 Å². The third-order valence-corrected chi connectivity index (χ3v) is 4.18. The molecule has 2 heterocycles. The zero-order chi connectivity index (χ0) is 16.5. The van der Waals surface area contributed by atoms with Gasteiger partial charge in [-0.05, 0) is 24.3 Å². The molecule has 1 aliphatic heterocycles. The summed E-state index contributed by atoms with van der Waals surface area (Å²) in [6.45, 7) is 3.37. The van der Waals surface area contributed by atoms with E-state index < -0.39 is 11.6 Å². The summed E-state index contributed by atoms with van der Waals surface area (Å²) in [7, 11) is 0. The van der Waals surface area contributed by atoms with Crippen molar-refractivity contribution < 1.29 is 8.78 Å². The van der Waals surface area contributed by atoms with E-state index in [1.165, 1.54) is 6.07 Å². The highest BCUT2D eigenvalue weighted by Crippen LogP contribution is 2.29. The van der Waals surface area contributed by atoms with Gasteiger partial charge < -0.3 is 10.2 Å². The van der Waals surface area contributed by atoms with Crippen molar-refractivity contribution in [2.24, 2.45) is 0 Å². The second kappa shape index (κ2) is 6.13. The number of hydrogen-bond acceptors (Lipinski definition) is 4. The Morgan fingerprint density at radius 3 is 2.50 bits per heavy atom. The van der Waals surface area contributed by atoms with Gasteiger partial charge in [-0.15, -0.1) is 0 Å². The maximum Gasteiger partial charge on any atom is 0.226 e. The zero-order valence-corrected chi connectivity index (χ0v) is 13.0. The van der Waals surface area contributed by atoms with Crippen molar-refractivity contribution in [1.29, 1.82) is 0 Å². The minimum Gasteiger partial charge on any atom is -0.338 e. The topological polar surface area (TPSA) is 41.1 Å². The predicted molar refractivity (Wildman–Crippen MR) is 90.0 cm³/mol. The highest BCUT2D eigenvalue weighted by atomic mass is 19.2. The van der Waals surface area contributed by atoms with Gasteiger partial charge in [-0.1, -0.05) is 18.2 Å². The molecule has 1 fully saturated rings. The molecule has 4 rings (SSSR count). The molecule has 1 saturated heterocycles. The van der Waals surface area contributed by atoms with Crippen molar-refractivity contribution in [1.82, 2.24) is 15.3 Å². The van der Waals surface area contributed by atoms with E-state index in [-0.39, 0.29) is 0 Å². The first-order valence-electron chi connectivity index (χ1n) is 7.90. The Labute approximate surface area is 138 Å². The first kappa shape index (κ1) is 15.0. The fourth-order valence-corrected chi connectivity index (χ4v) is 2.93. The number of nitrogens with one attached hydrogen (secondary N) is 1. The van der Waals surface area contributed by atoms with E-state index in [0.717, 1.165) is 43.1 Å². The van der Waals surface area contributed by atoms with Crippen LogP contribution in [0.15, 0.2) is 42.5 Å². The monoisotopic (exact) mass is 326 g/mol. The van der Waals surface area contributed by atoms with Crippen LogP contribution < -0.4 is 10.2 Å². The summed E-state index contributed by atoms with van der Waals surface area (Å²) in [5.41, 5.74) is 1.96. The quantitative estimate of drug-likeness (QED) is 0.786. The van der Waals surface area contributed by atoms with Crippen LogP contribution in [0.1, 0.15) is 0 Å². The molecule has 24 heavy (non-hydrogen) atoms. The summed E-state index contributed by atoms with van der Waals surface area (Å²) >= 11 is 0. The Morgan fingerprint density at radius 2 is 1.71 bits per heavy atom. The fraction of sp³-hybridized carbons (Fsp3) is 0.222. The number of benzene rings is 2. The molecule has 6 heteroatoms. The van der Waals surface area contributed by atoms with Crippen LogP contribution in [0, 0.1) is 11.6 Å². The van der Waals surface area contributed by atoms with Gasteiger partial charge >= 0.3 is 0 Å². The summed E-state index contributed by atoms with van der Waals surface area (Å²) in [4.78, 5) is 11.4. The normalized spacial score (nSPS) is 15.0. The van der Waals surface area contributed by atoms with Crippen LogP contribution in [0.2, 0.25) is 0 Å². The van der Waals surface area contributed by atoms with Gasteiger partial charge in [0.2, 0.25) is 5.95 Å². The molecule has 3 aromatic rings. The minimum absolute atomic E-state index is 0.545. The van der Waals surface area contributed by atoms with Gasteiger partial charge in [0.1, 0.15) is 0 Å². The van der Waals surface area contributed by atoms with Crippen LogP contribution in [0.4, 0.5) is 14.7 Å². The van der Waals surface area contributed by atoms with E-state index in [4.69, 9.17) is 0 Å². The highest BCUT2D eigenvalue weighted by molar-refractivity contribution is 5.93. The van der Waals surface area contributed by atoms with Crippen molar-refractivity contribution in [3.8, 4) is 11.3 Å². The van der Waals surface area contributed by atoms with Crippen LogP contribution in [0.25, 0.3) is 22.2 Å². The molecule has 4 nitrogen and oxygen atoms in total. The third kappa shape index (κ3) is 2.69. The Hall–Kier alpha value is -2.60. The van der Waals surface area contributed by atoms with Gasteiger partial charge in [-0.3, -0.25) is 0 Å². The molecule has 0 radical (unpaired) electrons. The van der Waals surface area contributed by atoms with Crippen LogP contribution in [-0.2, 0) is 0 Å². The zero-order valence-electron chi connectivity index (χ0n) is 13.0. The minimum atomic E-state index is -0.876. The predicted octanol–water partition coefficient (Wildman–Crippen LogP) is 2.98. The lowest BCUT2D eigenvalue weighted by Crippen LogP contribution is -2.44. The van der Waals surface area contributed by atoms with Crippen LogP contribution in [0.5, 0.6) is 0 Å². The van der Waals surface area contributed by atoms with Gasteiger partial charge in [-0.25, -0.2) is 18.7 Å². The lowest BCUT2D eigenvalue weighted by atomic mass is 10.1. The second-order valence-corrected chi connectivity index (χ2v) is 5.76. The van der Waals surface area contributed by atoms with Crippen molar-refractivity contribution in [2.75, 3.05) is 31.1 Å². The number of piperazine rings is 1. The average molecular weight is 326 g/mol. The summed E-state index contributed by atoms with van der Waals surface area (Å²) in [6.07, 6.45) is 0. The summed E-state index contributed by atoms with van der Waals surface area (Å²) in [5, 5.41) is 4.11. The SMILES string of the molecule is Fc1ccc(-c2nc(N3CCNCC3)nc3ccccc23)cc1F. The number of aromatic nitrogens is 2. The molecular weight excluding hydrogens is 310 g/mol. The maximum atomic E-state index is 13.7. The first-order valence-corrected chi connectivity index (χ1v) is 7.90. The van der Waals surface area contributed by atoms with Crippen LogP contribution in [-0.4, -0.2) is 36.1 Å². The number of halogens is 2. The summed E-state index contributed by atoms with van der Waals surface area (Å²) < 4.78 is 27.0. The van der Waals surface area contributed by atoms with Gasteiger partial charge in [0.15, 0.2) is 11.6 Å². The number of nitrogens with zero attached hydrogens (tertiary/aromatic N) is 3. The summed E-state index contributed by atoms with van der Waals surface area (Å²) in [6, 6.07) is 11.5. The Bertz CT molecular complexity index is 891. The molecule has 1 aliphatic rings. The van der Waals surface area contributed by atoms with Gasteiger partial charge in [0.05, 0.1) is 11.2 Å². The van der Waals surface area contributed by atoms with Crippen molar-refractivity contribution in [3.05, 3.63) is 54.1 Å². The van der Waals surface area contributed by atoms with Gasteiger partial charge in [-0.2, -0.15) is 0 Å². The molecule has 0 unspecified atom stereocenters. The summed E-state index contributed by atoms with van der Waals surface area (Å²) in [5.74, 6) is -1.12. The number of fused-ring (bicyclic) bond motifs is 1. The lowest BCUT2D eigenvalue weighted by molar-refractivity contribution is 0.509. The van der Waals surface area contributed by atoms with Crippen LogP contribution in [0.3, 0.4) is 0 Å². The largest absolute Gasteiger partial charge is 0.338 e. The van der Waals surface area contributed by atoms with E-state index >= 15 is 0 Å². The van der Waals surface area contributed by atoms with Crippen LogP contribution >= 0.6 is 0 Å². The third-order valence-electron chi connectivity index (χ3n) is 4.18. The molecule has 2 aromatic carbocycles. The van der Waals surface area contributed by atoms with E-state index in [9.17, 15) is 8.78 Å². The molecule has 1 aromatic heterocycles. The van der Waals surface area contributed by atoms with E-state index in [1.807, 2.05) is 24.3 Å². The number of anilines is 1. The molecule has 122 valence electrons. The van der Waals surface area contributed by atoms with Gasteiger partial charge in [0, 0.05) is 37.1 Å². The standard InChI is InChI=1S/C18H16F2N4/c19-14-6-5-12(11-15(14)20)17-13-3-1-2-4-16(13)22-18(23-17)24-9-7-21-8-10-24/h1-6,11,21H,7-10H2. The molecule has 0 saturated carbocycles. The van der Waals surface area contributed by atoms with Crippen molar-refractivity contribution in [3.63, 3.8) is 0 Å². The number of para-hydroxylation sites is 1. The molecule has 1 N–H and O–H groups in total. The Balaban J connectivity index is 1.90. The molecule has 0 spiro atoms. The highest BCUT2D eigenvalue weighted by Gasteiger charge is 2.17. The Morgan fingerprint density at radius 1 is 0.917 bits per heavy atom. The molecule has 0 bridgehead atoms. The van der Waals surface area contributed by atoms with E-state index in [0.29, 0.717) is 17.2 Å². The second-order valence-electron chi connectivity index (χ2n) is 5.76. The molecular formula is C18H16F2N4. The average Bonchev–Trinajstić information content (AvgIpc) is 2.64. The smallest absolute Gasteiger partial charge is 0.226 e. The van der Waals surface area contributed by atoms with E-state index in [1.54, 1.807) is 6.07 Å². The number of hydrogen-bond donors (Lipinski definition) is 1. The Kier molecular flexibility index (Phi) is 3.82. The molecule has 0 atom stereocenters. The maximum absolute atomic E-state index is 13.7. The molecule has 0 amide bonds. The fourth-order valence-electron chi connectivity index (χ4n) is 2.93. The van der Waals surface area contributed by atoms with Crippen molar-refractivity contribution >= 4 is 16.9 Å². The first-order chi connectivity index (χ1) is 11.7. The lowest BCUT2D eigenvalue weighted by Gasteiger charge is -2.28. The number of rotatable bonds is 2. The van der Waals surface area contributed by atoms with Crippen molar-refractivity contribution in [2.45, 2.75) is 0 Å². The molecule has 0 aliphatic carbocycles.